The Balaban J connectivity index is 2.23. The number of hydrogen-bond acceptors (Lipinski definition) is 4. The molecule has 20 heavy (non-hydrogen) atoms. The van der Waals surface area contributed by atoms with Crippen molar-refractivity contribution in [2.24, 2.45) is 0 Å². The van der Waals surface area contributed by atoms with Crippen molar-refractivity contribution in [3.05, 3.63) is 40.3 Å². The van der Waals surface area contributed by atoms with E-state index in [4.69, 9.17) is 23.7 Å². The Morgan fingerprint density at radius 1 is 1.45 bits per heavy atom. The highest BCUT2D eigenvalue weighted by atomic mass is 32.2. The van der Waals surface area contributed by atoms with Crippen LogP contribution in [0.1, 0.15) is 11.1 Å². The number of nitrogens with zero attached hydrogens (tertiary/aromatic N) is 1. The highest BCUT2D eigenvalue weighted by Crippen LogP contribution is 2.32. The molecule has 0 bridgehead atoms. The standard InChI is InChI=1S/C14H9NO3S2/c1-2-9-3-5-10(6-4-9)7-11-13(18)15(8-12(16)17)14(19)20-11/h1,3-7H,8H2,(H,16,17)/b11-7-. The van der Waals surface area contributed by atoms with E-state index in [1.807, 2.05) is 0 Å². The SMILES string of the molecule is C#Cc1ccc(/C=C2\SC(=S)N(CC(=O)O)C2=O)cc1. The van der Waals surface area contributed by atoms with Gasteiger partial charge in [0.1, 0.15) is 10.9 Å². The van der Waals surface area contributed by atoms with E-state index in [9.17, 15) is 9.59 Å². The Morgan fingerprint density at radius 3 is 2.65 bits per heavy atom. The molecule has 0 radical (unpaired) electrons. The molecular formula is C14H9NO3S2. The van der Waals surface area contributed by atoms with Crippen LogP contribution in [0.3, 0.4) is 0 Å². The summed E-state index contributed by atoms with van der Waals surface area (Å²) in [6.07, 6.45) is 6.93. The van der Waals surface area contributed by atoms with Crippen LogP contribution in [0.15, 0.2) is 29.2 Å². The van der Waals surface area contributed by atoms with Gasteiger partial charge in [-0.05, 0) is 23.8 Å². The second-order valence-corrected chi connectivity index (χ2v) is 5.60. The zero-order chi connectivity index (χ0) is 14.7. The largest absolute Gasteiger partial charge is 0.480 e. The van der Waals surface area contributed by atoms with Crippen molar-refractivity contribution in [1.82, 2.24) is 4.90 Å². The van der Waals surface area contributed by atoms with E-state index in [1.54, 1.807) is 30.3 Å². The molecule has 0 aromatic heterocycles. The highest BCUT2D eigenvalue weighted by Gasteiger charge is 2.33. The summed E-state index contributed by atoms with van der Waals surface area (Å²) < 4.78 is 0.254. The van der Waals surface area contributed by atoms with Gasteiger partial charge in [-0.25, -0.2) is 0 Å². The number of carbonyl (C=O) groups is 2. The van der Waals surface area contributed by atoms with E-state index in [-0.39, 0.29) is 10.2 Å². The minimum Gasteiger partial charge on any atom is -0.480 e. The average Bonchev–Trinajstić information content (AvgIpc) is 2.67. The number of carboxylic acid groups (broad SMARTS) is 1. The average molecular weight is 303 g/mol. The molecule has 0 atom stereocenters. The van der Waals surface area contributed by atoms with Crippen molar-refractivity contribution in [2.45, 2.75) is 0 Å². The fraction of sp³-hybridized carbons (Fsp3) is 0.0714. The summed E-state index contributed by atoms with van der Waals surface area (Å²) in [6.45, 7) is -0.419. The van der Waals surface area contributed by atoms with E-state index in [0.29, 0.717) is 4.91 Å². The monoisotopic (exact) mass is 303 g/mol. The van der Waals surface area contributed by atoms with E-state index >= 15 is 0 Å². The Hall–Kier alpha value is -2.10. The quantitative estimate of drug-likeness (QED) is 0.525. The van der Waals surface area contributed by atoms with E-state index in [2.05, 4.69) is 5.92 Å². The Morgan fingerprint density at radius 2 is 2.10 bits per heavy atom. The molecule has 1 aliphatic rings. The number of hydrogen-bond donors (Lipinski definition) is 1. The van der Waals surface area contributed by atoms with Crippen LogP contribution in [0.25, 0.3) is 6.08 Å². The number of rotatable bonds is 3. The van der Waals surface area contributed by atoms with E-state index in [0.717, 1.165) is 27.8 Å². The fourth-order valence-electron chi connectivity index (χ4n) is 1.60. The topological polar surface area (TPSA) is 57.6 Å². The van der Waals surface area contributed by atoms with Gasteiger partial charge < -0.3 is 5.11 Å². The third kappa shape index (κ3) is 3.07. The Kier molecular flexibility index (Phi) is 4.23. The molecule has 1 fully saturated rings. The molecule has 1 saturated heterocycles. The number of amides is 1. The minimum absolute atomic E-state index is 0.254. The third-order valence-corrected chi connectivity index (χ3v) is 3.92. The lowest BCUT2D eigenvalue weighted by atomic mass is 10.1. The van der Waals surface area contributed by atoms with Crippen LogP contribution in [-0.2, 0) is 9.59 Å². The van der Waals surface area contributed by atoms with Crippen molar-refractivity contribution in [2.75, 3.05) is 6.54 Å². The first-order valence-electron chi connectivity index (χ1n) is 5.55. The molecule has 1 aromatic carbocycles. The van der Waals surface area contributed by atoms with Crippen LogP contribution >= 0.6 is 24.0 Å². The third-order valence-electron chi connectivity index (χ3n) is 2.54. The molecule has 0 saturated carbocycles. The lowest BCUT2D eigenvalue weighted by Gasteiger charge is -2.10. The predicted octanol–water partition coefficient (Wildman–Crippen LogP) is 1.95. The number of aliphatic carboxylic acids is 1. The predicted molar refractivity (Wildman–Crippen MR) is 81.9 cm³/mol. The second-order valence-electron chi connectivity index (χ2n) is 3.93. The molecule has 0 unspecified atom stereocenters. The van der Waals surface area contributed by atoms with E-state index in [1.165, 1.54) is 0 Å². The van der Waals surface area contributed by atoms with E-state index < -0.39 is 12.5 Å². The van der Waals surface area contributed by atoms with Gasteiger partial charge in [-0.3, -0.25) is 14.5 Å². The molecule has 1 aliphatic heterocycles. The van der Waals surface area contributed by atoms with Crippen molar-refractivity contribution in [3.63, 3.8) is 0 Å². The first-order valence-corrected chi connectivity index (χ1v) is 6.77. The molecule has 1 N–H and O–H groups in total. The molecular weight excluding hydrogens is 294 g/mol. The second kappa shape index (κ2) is 5.90. The van der Waals surface area contributed by atoms with Gasteiger partial charge in [-0.15, -0.1) is 6.42 Å². The van der Waals surface area contributed by atoms with Crippen LogP contribution in [0.4, 0.5) is 0 Å². The zero-order valence-corrected chi connectivity index (χ0v) is 11.8. The highest BCUT2D eigenvalue weighted by molar-refractivity contribution is 8.26. The number of benzene rings is 1. The number of terminal acetylenes is 1. The summed E-state index contributed by atoms with van der Waals surface area (Å²) >= 11 is 6.10. The first kappa shape index (κ1) is 14.3. The van der Waals surface area contributed by atoms with Crippen LogP contribution in [0.5, 0.6) is 0 Å². The number of carboxylic acids is 1. The van der Waals surface area contributed by atoms with Crippen molar-refractivity contribution >= 4 is 46.3 Å². The molecule has 1 amide bonds. The molecule has 1 heterocycles. The summed E-state index contributed by atoms with van der Waals surface area (Å²) in [5, 5.41) is 8.74. The first-order chi connectivity index (χ1) is 9.51. The van der Waals surface area contributed by atoms with Crippen LogP contribution < -0.4 is 0 Å². The van der Waals surface area contributed by atoms with Crippen molar-refractivity contribution < 1.29 is 14.7 Å². The van der Waals surface area contributed by atoms with Crippen LogP contribution in [0.2, 0.25) is 0 Å². The molecule has 100 valence electrons. The lowest BCUT2D eigenvalue weighted by molar-refractivity contribution is -0.140. The van der Waals surface area contributed by atoms with Gasteiger partial charge in [0.05, 0.1) is 4.91 Å². The molecule has 1 aromatic rings. The van der Waals surface area contributed by atoms with Gasteiger partial charge in [0.15, 0.2) is 0 Å². The minimum atomic E-state index is -1.10. The van der Waals surface area contributed by atoms with Gasteiger partial charge >= 0.3 is 5.97 Å². The summed E-state index contributed by atoms with van der Waals surface area (Å²) in [5.41, 5.74) is 1.56. The normalized spacial score (nSPS) is 16.6. The molecule has 2 rings (SSSR count). The maximum absolute atomic E-state index is 12.0. The zero-order valence-electron chi connectivity index (χ0n) is 10.2. The maximum atomic E-state index is 12.0. The lowest BCUT2D eigenvalue weighted by Crippen LogP contribution is -2.33. The number of thiocarbonyl (C=S) groups is 1. The van der Waals surface area contributed by atoms with Crippen LogP contribution in [0, 0.1) is 12.3 Å². The van der Waals surface area contributed by atoms with Gasteiger partial charge in [-0.1, -0.05) is 42.0 Å². The van der Waals surface area contributed by atoms with Crippen LogP contribution in [-0.4, -0.2) is 32.7 Å². The fourth-order valence-corrected chi connectivity index (χ4v) is 2.85. The van der Waals surface area contributed by atoms with Gasteiger partial charge in [0.2, 0.25) is 0 Å². The smallest absolute Gasteiger partial charge is 0.323 e. The summed E-state index contributed by atoms with van der Waals surface area (Å²) in [7, 11) is 0. The van der Waals surface area contributed by atoms with Crippen molar-refractivity contribution in [3.8, 4) is 12.3 Å². The molecule has 6 heteroatoms. The number of carbonyl (C=O) groups excluding carboxylic acids is 1. The Labute approximate surface area is 125 Å². The maximum Gasteiger partial charge on any atom is 0.323 e. The molecule has 4 nitrogen and oxygen atoms in total. The van der Waals surface area contributed by atoms with Crippen molar-refractivity contribution in [1.29, 1.82) is 0 Å². The summed E-state index contributed by atoms with van der Waals surface area (Å²) in [4.78, 5) is 24.2. The van der Waals surface area contributed by atoms with Gasteiger partial charge in [0, 0.05) is 5.56 Å². The Bertz CT molecular complexity index is 656. The number of thioether (sulfide) groups is 1. The van der Waals surface area contributed by atoms with Gasteiger partial charge in [-0.2, -0.15) is 0 Å². The summed E-state index contributed by atoms with van der Waals surface area (Å²) in [5.74, 6) is 1.02. The molecule has 0 aliphatic carbocycles. The summed E-state index contributed by atoms with van der Waals surface area (Å²) in [6, 6.07) is 7.12. The molecule has 0 spiro atoms. The van der Waals surface area contributed by atoms with Gasteiger partial charge in [0.25, 0.3) is 5.91 Å².